The lowest BCUT2D eigenvalue weighted by molar-refractivity contribution is 0.480. The molecule has 0 saturated heterocycles. The summed E-state index contributed by atoms with van der Waals surface area (Å²) < 4.78 is 29.1. The standard InChI is InChI=1S/C28H18ClF2N9/c29-22-8-17(7-21-25(16(11-33)12-34-26(21)22)37-18-9-23(30)28(31)35-13-18)36-27(20-4-2-1-3-15(20)10-32)24-14-40(39-38-24)19-5-6-19/h1-4,7-9,12-14,19,27,36H,5-6H2,(H,34,37)/t27-/m0/s1. The van der Waals surface area contributed by atoms with Gasteiger partial charge in [0, 0.05) is 23.3 Å². The van der Waals surface area contributed by atoms with Crippen LogP contribution in [0.1, 0.15) is 47.3 Å². The highest BCUT2D eigenvalue weighted by molar-refractivity contribution is 6.36. The molecule has 1 aliphatic rings. The normalized spacial score (nSPS) is 13.4. The van der Waals surface area contributed by atoms with Gasteiger partial charge in [-0.1, -0.05) is 35.0 Å². The molecule has 196 valence electrons. The fraction of sp³-hybridized carbons (Fsp3) is 0.143. The fourth-order valence-electron chi connectivity index (χ4n) is 4.46. The lowest BCUT2D eigenvalue weighted by Gasteiger charge is -2.21. The number of aromatic nitrogens is 5. The van der Waals surface area contributed by atoms with Crippen molar-refractivity contribution < 1.29 is 8.78 Å². The Balaban J connectivity index is 1.46. The van der Waals surface area contributed by atoms with Gasteiger partial charge < -0.3 is 10.6 Å². The Labute approximate surface area is 231 Å². The zero-order valence-electron chi connectivity index (χ0n) is 20.6. The van der Waals surface area contributed by atoms with E-state index in [1.807, 2.05) is 23.0 Å². The van der Waals surface area contributed by atoms with E-state index in [0.717, 1.165) is 25.1 Å². The van der Waals surface area contributed by atoms with Crippen molar-refractivity contribution in [1.82, 2.24) is 25.0 Å². The summed E-state index contributed by atoms with van der Waals surface area (Å²) in [5, 5.41) is 35.4. The van der Waals surface area contributed by atoms with Gasteiger partial charge in [0.05, 0.1) is 63.6 Å². The second kappa shape index (κ2) is 10.2. The first kappa shape index (κ1) is 25.2. The van der Waals surface area contributed by atoms with Gasteiger partial charge in [0.15, 0.2) is 5.82 Å². The SMILES string of the molecule is N#Cc1ccccc1[C@H](Nc1cc(Cl)c2ncc(C#N)c(Nc3cnc(F)c(F)c3)c2c1)c1cn(C2CC2)nn1. The number of benzene rings is 2. The number of pyridine rings is 2. The Morgan fingerprint density at radius 2 is 1.80 bits per heavy atom. The first-order valence-corrected chi connectivity index (χ1v) is 12.6. The third kappa shape index (κ3) is 4.75. The van der Waals surface area contributed by atoms with E-state index < -0.39 is 17.8 Å². The maximum atomic E-state index is 13.9. The Morgan fingerprint density at radius 1 is 1.00 bits per heavy atom. The summed E-state index contributed by atoms with van der Waals surface area (Å²) in [5.74, 6) is -2.37. The second-order valence-electron chi connectivity index (χ2n) is 9.27. The van der Waals surface area contributed by atoms with E-state index in [2.05, 4.69) is 43.1 Å². The van der Waals surface area contributed by atoms with Crippen molar-refractivity contribution in [3.8, 4) is 12.1 Å². The minimum Gasteiger partial charge on any atom is -0.373 e. The molecule has 40 heavy (non-hydrogen) atoms. The lowest BCUT2D eigenvalue weighted by Crippen LogP contribution is -2.14. The summed E-state index contributed by atoms with van der Waals surface area (Å²) in [6, 6.07) is 15.6. The molecule has 9 nitrogen and oxygen atoms in total. The van der Waals surface area contributed by atoms with Gasteiger partial charge in [-0.05, 0) is 36.6 Å². The molecule has 1 fully saturated rings. The first-order valence-electron chi connectivity index (χ1n) is 12.2. The van der Waals surface area contributed by atoms with Crippen molar-refractivity contribution in [3.05, 3.63) is 100 Å². The Bertz CT molecular complexity index is 1850. The average Bonchev–Trinajstić information content (AvgIpc) is 3.70. The van der Waals surface area contributed by atoms with Gasteiger partial charge in [-0.3, -0.25) is 4.98 Å². The zero-order chi connectivity index (χ0) is 27.8. The molecule has 0 aliphatic heterocycles. The van der Waals surface area contributed by atoms with Crippen LogP contribution in [0, 0.1) is 34.4 Å². The van der Waals surface area contributed by atoms with E-state index in [1.54, 1.807) is 24.3 Å². The van der Waals surface area contributed by atoms with Gasteiger partial charge in [-0.15, -0.1) is 5.10 Å². The molecule has 2 N–H and O–H groups in total. The highest BCUT2D eigenvalue weighted by atomic mass is 35.5. The van der Waals surface area contributed by atoms with Gasteiger partial charge >= 0.3 is 0 Å². The second-order valence-corrected chi connectivity index (χ2v) is 9.67. The molecule has 0 radical (unpaired) electrons. The summed E-state index contributed by atoms with van der Waals surface area (Å²) in [6.45, 7) is 0. The van der Waals surface area contributed by atoms with Crippen LogP contribution in [0.5, 0.6) is 0 Å². The van der Waals surface area contributed by atoms with E-state index in [0.29, 0.717) is 45.1 Å². The van der Waals surface area contributed by atoms with Crippen LogP contribution >= 0.6 is 11.6 Å². The van der Waals surface area contributed by atoms with Gasteiger partial charge in [-0.25, -0.2) is 14.1 Å². The molecule has 0 amide bonds. The molecule has 1 aliphatic carbocycles. The maximum absolute atomic E-state index is 13.9. The predicted octanol–water partition coefficient (Wildman–Crippen LogP) is 6.18. The van der Waals surface area contributed by atoms with Crippen LogP contribution in [-0.4, -0.2) is 25.0 Å². The minimum atomic E-state index is -1.23. The molecule has 0 bridgehead atoms. The quantitative estimate of drug-likeness (QED) is 0.229. The summed E-state index contributed by atoms with van der Waals surface area (Å²) in [7, 11) is 0. The summed E-state index contributed by atoms with van der Waals surface area (Å²) in [5.41, 5.74) is 3.28. The number of nitrogens with zero attached hydrogens (tertiary/aromatic N) is 7. The summed E-state index contributed by atoms with van der Waals surface area (Å²) in [6.07, 6.45) is 6.40. The molecule has 0 spiro atoms. The van der Waals surface area contributed by atoms with Crippen LogP contribution in [0.25, 0.3) is 10.9 Å². The summed E-state index contributed by atoms with van der Waals surface area (Å²) in [4.78, 5) is 7.74. The Hall–Kier alpha value is -5.13. The number of hydrogen-bond donors (Lipinski definition) is 2. The monoisotopic (exact) mass is 553 g/mol. The number of nitrogens with one attached hydrogen (secondary N) is 2. The molecule has 0 unspecified atom stereocenters. The number of rotatable bonds is 7. The summed E-state index contributed by atoms with van der Waals surface area (Å²) >= 11 is 6.65. The van der Waals surface area contributed by atoms with Crippen molar-refractivity contribution in [2.45, 2.75) is 24.9 Å². The van der Waals surface area contributed by atoms with Gasteiger partial charge in [-0.2, -0.15) is 14.9 Å². The van der Waals surface area contributed by atoms with Crippen LogP contribution in [0.15, 0.2) is 61.1 Å². The van der Waals surface area contributed by atoms with Crippen molar-refractivity contribution >= 4 is 39.6 Å². The number of halogens is 3. The molecule has 5 aromatic rings. The lowest BCUT2D eigenvalue weighted by atomic mass is 9.98. The molecule has 1 atom stereocenters. The van der Waals surface area contributed by atoms with E-state index in [9.17, 15) is 19.3 Å². The zero-order valence-corrected chi connectivity index (χ0v) is 21.4. The Morgan fingerprint density at radius 3 is 2.55 bits per heavy atom. The minimum absolute atomic E-state index is 0.134. The maximum Gasteiger partial charge on any atom is 0.249 e. The van der Waals surface area contributed by atoms with Crippen molar-refractivity contribution in [2.75, 3.05) is 10.6 Å². The third-order valence-corrected chi connectivity index (χ3v) is 6.85. The van der Waals surface area contributed by atoms with E-state index >= 15 is 0 Å². The molecule has 3 heterocycles. The average molecular weight is 554 g/mol. The molecule has 6 rings (SSSR count). The van der Waals surface area contributed by atoms with Crippen molar-refractivity contribution in [2.24, 2.45) is 0 Å². The topological polar surface area (TPSA) is 128 Å². The van der Waals surface area contributed by atoms with Gasteiger partial charge in [0.25, 0.3) is 0 Å². The molecular formula is C28H18ClF2N9. The van der Waals surface area contributed by atoms with Crippen LogP contribution in [0.4, 0.5) is 25.8 Å². The van der Waals surface area contributed by atoms with E-state index in [4.69, 9.17) is 11.6 Å². The highest BCUT2D eigenvalue weighted by Gasteiger charge is 2.28. The van der Waals surface area contributed by atoms with Crippen LogP contribution in [0.2, 0.25) is 5.02 Å². The van der Waals surface area contributed by atoms with Crippen LogP contribution in [0.3, 0.4) is 0 Å². The molecule has 2 aromatic carbocycles. The van der Waals surface area contributed by atoms with Crippen LogP contribution < -0.4 is 10.6 Å². The molecule has 1 saturated carbocycles. The molecule has 3 aromatic heterocycles. The van der Waals surface area contributed by atoms with Crippen molar-refractivity contribution in [3.63, 3.8) is 0 Å². The fourth-order valence-corrected chi connectivity index (χ4v) is 4.73. The predicted molar refractivity (Wildman–Crippen MR) is 144 cm³/mol. The number of nitriles is 2. The molecule has 12 heteroatoms. The van der Waals surface area contributed by atoms with Crippen LogP contribution in [-0.2, 0) is 0 Å². The largest absolute Gasteiger partial charge is 0.373 e. The van der Waals surface area contributed by atoms with Crippen molar-refractivity contribution in [1.29, 1.82) is 10.5 Å². The Kier molecular flexibility index (Phi) is 6.42. The number of fused-ring (bicyclic) bond motifs is 1. The van der Waals surface area contributed by atoms with E-state index in [1.165, 1.54) is 6.20 Å². The van der Waals surface area contributed by atoms with E-state index in [-0.39, 0.29) is 16.3 Å². The number of anilines is 3. The first-order chi connectivity index (χ1) is 19.4. The van der Waals surface area contributed by atoms with Gasteiger partial charge in [0.1, 0.15) is 11.8 Å². The number of hydrogen-bond acceptors (Lipinski definition) is 8. The van der Waals surface area contributed by atoms with Gasteiger partial charge in [0.2, 0.25) is 5.95 Å². The highest BCUT2D eigenvalue weighted by Crippen LogP contribution is 2.38. The molecular weight excluding hydrogens is 536 g/mol. The third-order valence-electron chi connectivity index (χ3n) is 6.56. The smallest absolute Gasteiger partial charge is 0.249 e.